The summed E-state index contributed by atoms with van der Waals surface area (Å²) >= 11 is 0. The normalized spacial score (nSPS) is 17.6. The van der Waals surface area contributed by atoms with Crippen molar-refractivity contribution >= 4 is 5.91 Å². The van der Waals surface area contributed by atoms with Crippen LogP contribution >= 0.6 is 0 Å². The van der Waals surface area contributed by atoms with Gasteiger partial charge in [0.2, 0.25) is 0 Å². The molecule has 0 aromatic heterocycles. The molecule has 4 heteroatoms. The fourth-order valence-electron chi connectivity index (χ4n) is 1.94. The first kappa shape index (κ1) is 12.6. The average molecular weight is 244 g/mol. The summed E-state index contributed by atoms with van der Waals surface area (Å²) in [6.45, 7) is 1.99. The number of hydrogen-bond acceptors (Lipinski definition) is 3. The van der Waals surface area contributed by atoms with Gasteiger partial charge in [-0.2, -0.15) is 5.26 Å². The third-order valence-corrected chi connectivity index (χ3v) is 3.32. The van der Waals surface area contributed by atoms with E-state index in [0.29, 0.717) is 17.0 Å². The number of benzene rings is 1. The lowest BCUT2D eigenvalue weighted by atomic mass is 10.0. The van der Waals surface area contributed by atoms with E-state index in [1.807, 2.05) is 6.07 Å². The molecule has 0 radical (unpaired) electrons. The summed E-state index contributed by atoms with van der Waals surface area (Å²) in [5, 5.41) is 21.6. The standard InChI is InChI=1S/C14H16N2O2/c1-14(18,12-5-6-12)9-16-13(17)11-4-2-3-10(7-11)8-15/h2-4,7,12,18H,5-6,9H2,1H3,(H,16,17). The Morgan fingerprint density at radius 2 is 2.33 bits per heavy atom. The molecule has 94 valence electrons. The molecule has 0 heterocycles. The number of amides is 1. The Morgan fingerprint density at radius 1 is 1.61 bits per heavy atom. The van der Waals surface area contributed by atoms with E-state index in [-0.39, 0.29) is 12.5 Å². The van der Waals surface area contributed by atoms with Gasteiger partial charge >= 0.3 is 0 Å². The predicted molar refractivity (Wildman–Crippen MR) is 66.8 cm³/mol. The highest BCUT2D eigenvalue weighted by atomic mass is 16.3. The first-order chi connectivity index (χ1) is 8.53. The molecule has 1 aromatic rings. The van der Waals surface area contributed by atoms with Crippen LogP contribution < -0.4 is 5.32 Å². The number of rotatable bonds is 4. The fraction of sp³-hybridized carbons (Fsp3) is 0.429. The van der Waals surface area contributed by atoms with Crippen molar-refractivity contribution in [3.05, 3.63) is 35.4 Å². The smallest absolute Gasteiger partial charge is 0.251 e. The molecule has 4 nitrogen and oxygen atoms in total. The molecule has 0 spiro atoms. The zero-order chi connectivity index (χ0) is 13.2. The van der Waals surface area contributed by atoms with E-state index in [0.717, 1.165) is 12.8 Å². The van der Waals surface area contributed by atoms with Crippen molar-refractivity contribution < 1.29 is 9.90 Å². The number of nitrogens with zero attached hydrogens (tertiary/aromatic N) is 1. The van der Waals surface area contributed by atoms with Gasteiger partial charge in [-0.25, -0.2) is 0 Å². The lowest BCUT2D eigenvalue weighted by Crippen LogP contribution is -2.42. The molecule has 1 aromatic carbocycles. The van der Waals surface area contributed by atoms with Crippen LogP contribution in [0.25, 0.3) is 0 Å². The Morgan fingerprint density at radius 3 is 2.94 bits per heavy atom. The number of nitriles is 1. The van der Waals surface area contributed by atoms with Crippen LogP contribution in [0.2, 0.25) is 0 Å². The average Bonchev–Trinajstić information content (AvgIpc) is 3.20. The van der Waals surface area contributed by atoms with Crippen LogP contribution in [0.1, 0.15) is 35.7 Å². The summed E-state index contributed by atoms with van der Waals surface area (Å²) in [5.74, 6) is 0.0382. The van der Waals surface area contributed by atoms with Gasteiger partial charge in [-0.3, -0.25) is 4.79 Å². The SMILES string of the molecule is CC(O)(CNC(=O)c1cccc(C#N)c1)C1CC1. The monoisotopic (exact) mass is 244 g/mol. The van der Waals surface area contributed by atoms with E-state index in [1.54, 1.807) is 31.2 Å². The molecule has 1 unspecified atom stereocenters. The number of carbonyl (C=O) groups is 1. The van der Waals surface area contributed by atoms with Crippen molar-refractivity contribution in [2.24, 2.45) is 5.92 Å². The van der Waals surface area contributed by atoms with Gasteiger partial charge in [-0.05, 0) is 43.9 Å². The second kappa shape index (κ2) is 4.79. The maximum Gasteiger partial charge on any atom is 0.251 e. The van der Waals surface area contributed by atoms with Crippen molar-refractivity contribution in [1.82, 2.24) is 5.32 Å². The Bertz CT molecular complexity index is 499. The molecule has 1 saturated carbocycles. The third-order valence-electron chi connectivity index (χ3n) is 3.32. The molecule has 0 saturated heterocycles. The molecular formula is C14H16N2O2. The Labute approximate surface area is 106 Å². The lowest BCUT2D eigenvalue weighted by molar-refractivity contribution is 0.0354. The second-order valence-corrected chi connectivity index (χ2v) is 5.01. The van der Waals surface area contributed by atoms with Crippen LogP contribution in [0.5, 0.6) is 0 Å². The highest BCUT2D eigenvalue weighted by molar-refractivity contribution is 5.94. The number of aliphatic hydroxyl groups is 1. The topological polar surface area (TPSA) is 73.1 Å². The molecule has 0 aliphatic heterocycles. The van der Waals surface area contributed by atoms with Crippen molar-refractivity contribution in [2.45, 2.75) is 25.4 Å². The van der Waals surface area contributed by atoms with Crippen molar-refractivity contribution in [1.29, 1.82) is 5.26 Å². The van der Waals surface area contributed by atoms with E-state index < -0.39 is 5.60 Å². The van der Waals surface area contributed by atoms with Crippen LogP contribution in [-0.2, 0) is 0 Å². The highest BCUT2D eigenvalue weighted by Gasteiger charge is 2.39. The quantitative estimate of drug-likeness (QED) is 0.842. The van der Waals surface area contributed by atoms with E-state index in [4.69, 9.17) is 5.26 Å². The van der Waals surface area contributed by atoms with Crippen molar-refractivity contribution in [3.8, 4) is 6.07 Å². The van der Waals surface area contributed by atoms with Gasteiger partial charge in [0, 0.05) is 12.1 Å². The van der Waals surface area contributed by atoms with Gasteiger partial charge in [0.15, 0.2) is 0 Å². The first-order valence-corrected chi connectivity index (χ1v) is 6.03. The van der Waals surface area contributed by atoms with Gasteiger partial charge in [0.05, 0.1) is 17.2 Å². The Hall–Kier alpha value is -1.86. The third kappa shape index (κ3) is 2.88. The minimum Gasteiger partial charge on any atom is -0.388 e. The molecule has 18 heavy (non-hydrogen) atoms. The van der Waals surface area contributed by atoms with Gasteiger partial charge in [-0.1, -0.05) is 6.07 Å². The van der Waals surface area contributed by atoms with Gasteiger partial charge in [-0.15, -0.1) is 0 Å². The van der Waals surface area contributed by atoms with E-state index in [1.165, 1.54) is 0 Å². The number of carbonyl (C=O) groups excluding carboxylic acids is 1. The van der Waals surface area contributed by atoms with Gasteiger partial charge < -0.3 is 10.4 Å². The van der Waals surface area contributed by atoms with Crippen LogP contribution in [0.3, 0.4) is 0 Å². The van der Waals surface area contributed by atoms with Crippen molar-refractivity contribution in [2.75, 3.05) is 6.54 Å². The second-order valence-electron chi connectivity index (χ2n) is 5.01. The maximum atomic E-state index is 11.9. The summed E-state index contributed by atoms with van der Waals surface area (Å²) in [7, 11) is 0. The molecule has 0 bridgehead atoms. The first-order valence-electron chi connectivity index (χ1n) is 6.03. The Kier molecular flexibility index (Phi) is 3.35. The molecule has 1 aliphatic carbocycles. The zero-order valence-electron chi connectivity index (χ0n) is 10.3. The zero-order valence-corrected chi connectivity index (χ0v) is 10.3. The molecule has 1 amide bonds. The summed E-state index contributed by atoms with van der Waals surface area (Å²) in [5.41, 5.74) is 0.0694. The van der Waals surface area contributed by atoms with Crippen LogP contribution in [-0.4, -0.2) is 23.2 Å². The minimum atomic E-state index is -0.831. The summed E-state index contributed by atoms with van der Waals surface area (Å²) in [4.78, 5) is 11.9. The van der Waals surface area contributed by atoms with Gasteiger partial charge in [0.1, 0.15) is 0 Å². The molecule has 1 fully saturated rings. The highest BCUT2D eigenvalue weighted by Crippen LogP contribution is 2.38. The predicted octanol–water partition coefficient (Wildman–Crippen LogP) is 1.45. The molecule has 2 rings (SSSR count). The number of nitrogens with one attached hydrogen (secondary N) is 1. The lowest BCUT2D eigenvalue weighted by Gasteiger charge is -2.23. The summed E-state index contributed by atoms with van der Waals surface area (Å²) < 4.78 is 0. The maximum absolute atomic E-state index is 11.9. The fourth-order valence-corrected chi connectivity index (χ4v) is 1.94. The van der Waals surface area contributed by atoms with Crippen LogP contribution in [0, 0.1) is 17.2 Å². The number of hydrogen-bond donors (Lipinski definition) is 2. The van der Waals surface area contributed by atoms with E-state index >= 15 is 0 Å². The van der Waals surface area contributed by atoms with Crippen LogP contribution in [0.15, 0.2) is 24.3 Å². The largest absolute Gasteiger partial charge is 0.388 e. The molecule has 1 aliphatic rings. The molecular weight excluding hydrogens is 228 g/mol. The van der Waals surface area contributed by atoms with E-state index in [9.17, 15) is 9.90 Å². The summed E-state index contributed by atoms with van der Waals surface area (Å²) in [6, 6.07) is 8.51. The van der Waals surface area contributed by atoms with Crippen molar-refractivity contribution in [3.63, 3.8) is 0 Å². The molecule has 1 atom stereocenters. The van der Waals surface area contributed by atoms with Gasteiger partial charge in [0.25, 0.3) is 5.91 Å². The summed E-state index contributed by atoms with van der Waals surface area (Å²) in [6.07, 6.45) is 2.04. The van der Waals surface area contributed by atoms with Crippen LogP contribution in [0.4, 0.5) is 0 Å². The molecule has 2 N–H and O–H groups in total. The minimum absolute atomic E-state index is 0.243. The van der Waals surface area contributed by atoms with E-state index in [2.05, 4.69) is 5.32 Å². The Balaban J connectivity index is 1.97.